The quantitative estimate of drug-likeness (QED) is 0.789. The van der Waals surface area contributed by atoms with Gasteiger partial charge in [-0.15, -0.1) is 0 Å². The zero-order valence-corrected chi connectivity index (χ0v) is 11.9. The summed E-state index contributed by atoms with van der Waals surface area (Å²) >= 11 is 0. The largest absolute Gasteiger partial charge is 0.481 e. The van der Waals surface area contributed by atoms with Crippen LogP contribution in [0.25, 0.3) is 0 Å². The van der Waals surface area contributed by atoms with Crippen LogP contribution >= 0.6 is 0 Å². The van der Waals surface area contributed by atoms with Crippen LogP contribution < -0.4 is 4.72 Å². The summed E-state index contributed by atoms with van der Waals surface area (Å²) in [6.45, 7) is 1.69. The standard InChI is InChI=1S/C13H16N2O4S/c1-2-3-11(13(16)17)9-15-20(18,19)12-6-4-10(8-14)5-7-12/h4-7,11,15H,2-3,9H2,1H3,(H,16,17). The molecule has 1 aromatic carbocycles. The summed E-state index contributed by atoms with van der Waals surface area (Å²) in [4.78, 5) is 11.0. The predicted octanol–water partition coefficient (Wildman–Crippen LogP) is 1.34. The van der Waals surface area contributed by atoms with Gasteiger partial charge in [0.2, 0.25) is 10.0 Å². The summed E-state index contributed by atoms with van der Waals surface area (Å²) in [7, 11) is -3.75. The first-order valence-corrected chi connectivity index (χ1v) is 7.61. The predicted molar refractivity (Wildman–Crippen MR) is 72.4 cm³/mol. The molecule has 0 saturated carbocycles. The molecule has 1 aromatic rings. The second kappa shape index (κ2) is 7.03. The van der Waals surface area contributed by atoms with Crippen molar-refractivity contribution < 1.29 is 18.3 Å². The van der Waals surface area contributed by atoms with E-state index >= 15 is 0 Å². The summed E-state index contributed by atoms with van der Waals surface area (Å²) in [6, 6.07) is 7.32. The zero-order valence-electron chi connectivity index (χ0n) is 11.0. The van der Waals surface area contributed by atoms with Crippen LogP contribution in [0, 0.1) is 17.2 Å². The molecule has 0 aliphatic carbocycles. The summed E-state index contributed by atoms with van der Waals surface area (Å²) in [5.74, 6) is -1.76. The highest BCUT2D eigenvalue weighted by atomic mass is 32.2. The SMILES string of the molecule is CCCC(CNS(=O)(=O)c1ccc(C#N)cc1)C(=O)O. The van der Waals surface area contributed by atoms with E-state index in [2.05, 4.69) is 4.72 Å². The number of carbonyl (C=O) groups is 1. The molecule has 0 bridgehead atoms. The maximum atomic E-state index is 12.0. The number of hydrogen-bond donors (Lipinski definition) is 2. The molecule has 0 spiro atoms. The van der Waals surface area contributed by atoms with Crippen molar-refractivity contribution in [2.45, 2.75) is 24.7 Å². The number of hydrogen-bond acceptors (Lipinski definition) is 4. The van der Waals surface area contributed by atoms with Gasteiger partial charge in [0.25, 0.3) is 0 Å². The van der Waals surface area contributed by atoms with Crippen LogP contribution in [-0.4, -0.2) is 26.0 Å². The Kier molecular flexibility index (Phi) is 5.67. The van der Waals surface area contributed by atoms with E-state index in [0.717, 1.165) is 0 Å². The highest BCUT2D eigenvalue weighted by molar-refractivity contribution is 7.89. The highest BCUT2D eigenvalue weighted by Gasteiger charge is 2.20. The van der Waals surface area contributed by atoms with Gasteiger partial charge in [0, 0.05) is 6.54 Å². The molecule has 0 heterocycles. The number of nitriles is 1. The molecule has 20 heavy (non-hydrogen) atoms. The molecule has 0 amide bonds. The monoisotopic (exact) mass is 296 g/mol. The Morgan fingerprint density at radius 3 is 2.45 bits per heavy atom. The Morgan fingerprint density at radius 1 is 1.40 bits per heavy atom. The molecule has 0 fully saturated rings. The third-order valence-corrected chi connectivity index (χ3v) is 4.24. The van der Waals surface area contributed by atoms with E-state index in [1.807, 2.05) is 13.0 Å². The van der Waals surface area contributed by atoms with Crippen molar-refractivity contribution in [3.63, 3.8) is 0 Å². The molecular weight excluding hydrogens is 280 g/mol. The van der Waals surface area contributed by atoms with Gasteiger partial charge in [0.05, 0.1) is 22.4 Å². The van der Waals surface area contributed by atoms with Crippen LogP contribution in [0.1, 0.15) is 25.3 Å². The van der Waals surface area contributed by atoms with Crippen LogP contribution in [0.5, 0.6) is 0 Å². The van der Waals surface area contributed by atoms with Crippen molar-refractivity contribution in [3.05, 3.63) is 29.8 Å². The van der Waals surface area contributed by atoms with Gasteiger partial charge >= 0.3 is 5.97 Å². The molecule has 108 valence electrons. The Labute approximate surface area is 118 Å². The van der Waals surface area contributed by atoms with E-state index < -0.39 is 21.9 Å². The maximum Gasteiger partial charge on any atom is 0.307 e. The molecule has 6 nitrogen and oxygen atoms in total. The number of rotatable bonds is 7. The minimum Gasteiger partial charge on any atom is -0.481 e. The first kappa shape index (κ1) is 16.1. The minimum atomic E-state index is -3.75. The van der Waals surface area contributed by atoms with Gasteiger partial charge in [-0.25, -0.2) is 13.1 Å². The van der Waals surface area contributed by atoms with Crippen LogP contribution in [-0.2, 0) is 14.8 Å². The van der Waals surface area contributed by atoms with Crippen molar-refractivity contribution in [1.29, 1.82) is 5.26 Å². The van der Waals surface area contributed by atoms with Crippen molar-refractivity contribution in [3.8, 4) is 6.07 Å². The Bertz CT molecular complexity index is 602. The van der Waals surface area contributed by atoms with Gasteiger partial charge in [0.15, 0.2) is 0 Å². The van der Waals surface area contributed by atoms with Crippen molar-refractivity contribution in [1.82, 2.24) is 4.72 Å². The van der Waals surface area contributed by atoms with Crippen LogP contribution in [0.15, 0.2) is 29.2 Å². The number of nitrogens with one attached hydrogen (secondary N) is 1. The van der Waals surface area contributed by atoms with E-state index in [4.69, 9.17) is 10.4 Å². The highest BCUT2D eigenvalue weighted by Crippen LogP contribution is 2.12. The third kappa shape index (κ3) is 4.33. The van der Waals surface area contributed by atoms with Crippen LogP contribution in [0.2, 0.25) is 0 Å². The van der Waals surface area contributed by atoms with E-state index in [1.165, 1.54) is 24.3 Å². The summed E-state index contributed by atoms with van der Waals surface area (Å²) in [5, 5.41) is 17.6. The van der Waals surface area contributed by atoms with E-state index in [0.29, 0.717) is 18.4 Å². The van der Waals surface area contributed by atoms with Crippen LogP contribution in [0.3, 0.4) is 0 Å². The van der Waals surface area contributed by atoms with Crippen molar-refractivity contribution >= 4 is 16.0 Å². The topological polar surface area (TPSA) is 107 Å². The number of carboxylic acid groups (broad SMARTS) is 1. The summed E-state index contributed by atoms with van der Waals surface area (Å²) in [6.07, 6.45) is 1.07. The molecule has 7 heteroatoms. The number of carboxylic acids is 1. The lowest BCUT2D eigenvalue weighted by Crippen LogP contribution is -2.32. The van der Waals surface area contributed by atoms with E-state index in [9.17, 15) is 13.2 Å². The number of sulfonamides is 1. The third-order valence-electron chi connectivity index (χ3n) is 2.80. The molecule has 2 N–H and O–H groups in total. The molecule has 0 aliphatic heterocycles. The fraction of sp³-hybridized carbons (Fsp3) is 0.385. The summed E-state index contributed by atoms with van der Waals surface area (Å²) < 4.78 is 26.2. The Morgan fingerprint density at radius 2 is 2.00 bits per heavy atom. The van der Waals surface area contributed by atoms with Gasteiger partial charge in [-0.05, 0) is 30.7 Å². The summed E-state index contributed by atoms with van der Waals surface area (Å²) in [5.41, 5.74) is 0.360. The minimum absolute atomic E-state index is 0.0112. The normalized spacial score (nSPS) is 12.6. The van der Waals surface area contributed by atoms with Gasteiger partial charge in [-0.2, -0.15) is 5.26 Å². The zero-order chi connectivity index (χ0) is 15.2. The van der Waals surface area contributed by atoms with Gasteiger partial charge < -0.3 is 5.11 Å². The first-order valence-electron chi connectivity index (χ1n) is 6.13. The molecular formula is C13H16N2O4S. The lowest BCUT2D eigenvalue weighted by Gasteiger charge is -2.12. The Balaban J connectivity index is 2.78. The fourth-order valence-electron chi connectivity index (χ4n) is 1.66. The van der Waals surface area contributed by atoms with E-state index in [1.54, 1.807) is 0 Å². The van der Waals surface area contributed by atoms with Gasteiger partial charge in [-0.3, -0.25) is 4.79 Å². The number of aliphatic carboxylic acids is 1. The second-order valence-corrected chi connectivity index (χ2v) is 6.08. The van der Waals surface area contributed by atoms with E-state index in [-0.39, 0.29) is 11.4 Å². The Hall–Kier alpha value is -1.91. The fourth-order valence-corrected chi connectivity index (χ4v) is 2.75. The smallest absolute Gasteiger partial charge is 0.307 e. The second-order valence-electron chi connectivity index (χ2n) is 4.31. The van der Waals surface area contributed by atoms with Gasteiger partial charge in [-0.1, -0.05) is 13.3 Å². The lowest BCUT2D eigenvalue weighted by atomic mass is 10.1. The van der Waals surface area contributed by atoms with Crippen molar-refractivity contribution in [2.24, 2.45) is 5.92 Å². The molecule has 1 unspecified atom stereocenters. The molecule has 1 rings (SSSR count). The molecule has 0 radical (unpaired) electrons. The molecule has 1 atom stereocenters. The molecule has 0 aromatic heterocycles. The average molecular weight is 296 g/mol. The van der Waals surface area contributed by atoms with Gasteiger partial charge in [0.1, 0.15) is 0 Å². The molecule has 0 saturated heterocycles. The number of nitrogens with zero attached hydrogens (tertiary/aromatic N) is 1. The average Bonchev–Trinajstić information content (AvgIpc) is 2.43. The lowest BCUT2D eigenvalue weighted by molar-refractivity contribution is -0.141. The van der Waals surface area contributed by atoms with Crippen LogP contribution in [0.4, 0.5) is 0 Å². The first-order chi connectivity index (χ1) is 9.40. The molecule has 0 aliphatic rings. The number of benzene rings is 1. The maximum absolute atomic E-state index is 12.0. The van der Waals surface area contributed by atoms with Crippen molar-refractivity contribution in [2.75, 3.05) is 6.54 Å².